The van der Waals surface area contributed by atoms with Gasteiger partial charge in [0.25, 0.3) is 0 Å². The first-order chi connectivity index (χ1) is 8.50. The van der Waals surface area contributed by atoms with Crippen LogP contribution in [0.4, 0.5) is 5.95 Å². The number of sulfonamides is 1. The number of aromatic nitrogens is 3. The summed E-state index contributed by atoms with van der Waals surface area (Å²) in [6, 6.07) is 3.44. The van der Waals surface area contributed by atoms with Gasteiger partial charge in [-0.15, -0.1) is 5.10 Å². The van der Waals surface area contributed by atoms with Crippen LogP contribution in [0.2, 0.25) is 5.02 Å². The van der Waals surface area contributed by atoms with Gasteiger partial charge in [-0.25, -0.2) is 17.7 Å². The molecule has 0 amide bonds. The SMILES string of the molecule is CNS(=O)(=O)CCNc1nc2ccc(Cl)cn2n1. The lowest BCUT2D eigenvalue weighted by Gasteiger charge is -2.02. The molecule has 2 heterocycles. The van der Waals surface area contributed by atoms with Gasteiger partial charge in [0, 0.05) is 12.7 Å². The summed E-state index contributed by atoms with van der Waals surface area (Å²) >= 11 is 5.81. The summed E-state index contributed by atoms with van der Waals surface area (Å²) in [7, 11) is -1.85. The number of halogens is 1. The molecule has 9 heteroatoms. The van der Waals surface area contributed by atoms with E-state index in [0.717, 1.165) is 0 Å². The second-order valence-corrected chi connectivity index (χ2v) is 6.02. The van der Waals surface area contributed by atoms with Crippen LogP contribution in [-0.2, 0) is 10.0 Å². The fraction of sp³-hybridized carbons (Fsp3) is 0.333. The zero-order chi connectivity index (χ0) is 13.2. The molecule has 2 aromatic heterocycles. The van der Waals surface area contributed by atoms with Crippen LogP contribution in [0.3, 0.4) is 0 Å². The zero-order valence-electron chi connectivity index (χ0n) is 9.59. The summed E-state index contributed by atoms with van der Waals surface area (Å²) in [5, 5.41) is 7.50. The molecule has 0 aliphatic rings. The van der Waals surface area contributed by atoms with Gasteiger partial charge in [0.05, 0.1) is 10.8 Å². The molecule has 2 N–H and O–H groups in total. The second-order valence-electron chi connectivity index (χ2n) is 3.54. The minimum atomic E-state index is -3.22. The first-order valence-corrected chi connectivity index (χ1v) is 7.20. The Kier molecular flexibility index (Phi) is 3.69. The summed E-state index contributed by atoms with van der Waals surface area (Å²) in [5.41, 5.74) is 0.637. The van der Waals surface area contributed by atoms with E-state index >= 15 is 0 Å². The van der Waals surface area contributed by atoms with Crippen molar-refractivity contribution < 1.29 is 8.42 Å². The van der Waals surface area contributed by atoms with E-state index < -0.39 is 10.0 Å². The van der Waals surface area contributed by atoms with Crippen molar-refractivity contribution in [1.82, 2.24) is 19.3 Å². The van der Waals surface area contributed by atoms with Gasteiger partial charge >= 0.3 is 0 Å². The van der Waals surface area contributed by atoms with E-state index in [1.807, 2.05) is 0 Å². The van der Waals surface area contributed by atoms with Gasteiger partial charge < -0.3 is 5.32 Å². The molecule has 98 valence electrons. The average Bonchev–Trinajstić information content (AvgIpc) is 2.70. The standard InChI is InChI=1S/C9H12ClN5O2S/c1-11-18(16,17)5-4-12-9-13-8-3-2-7(10)6-15(8)14-9/h2-3,6,11H,4-5H2,1H3,(H,12,14). The highest BCUT2D eigenvalue weighted by Crippen LogP contribution is 2.11. The Morgan fingerprint density at radius 2 is 2.22 bits per heavy atom. The van der Waals surface area contributed by atoms with Crippen LogP contribution in [0.5, 0.6) is 0 Å². The number of nitrogens with zero attached hydrogens (tertiary/aromatic N) is 3. The minimum Gasteiger partial charge on any atom is -0.352 e. The second kappa shape index (κ2) is 5.09. The van der Waals surface area contributed by atoms with Crippen LogP contribution < -0.4 is 10.0 Å². The van der Waals surface area contributed by atoms with E-state index in [2.05, 4.69) is 20.1 Å². The van der Waals surface area contributed by atoms with E-state index in [1.54, 1.807) is 18.3 Å². The van der Waals surface area contributed by atoms with Crippen LogP contribution in [0.15, 0.2) is 18.3 Å². The van der Waals surface area contributed by atoms with Crippen LogP contribution in [0, 0.1) is 0 Å². The van der Waals surface area contributed by atoms with E-state index in [-0.39, 0.29) is 12.3 Å². The largest absolute Gasteiger partial charge is 0.352 e. The third-order valence-electron chi connectivity index (χ3n) is 2.26. The lowest BCUT2D eigenvalue weighted by molar-refractivity contribution is 0.588. The summed E-state index contributed by atoms with van der Waals surface area (Å²) < 4.78 is 26.1. The molecule has 2 aromatic rings. The van der Waals surface area contributed by atoms with Gasteiger partial charge in [-0.1, -0.05) is 11.6 Å². The summed E-state index contributed by atoms with van der Waals surface area (Å²) in [4.78, 5) is 4.17. The summed E-state index contributed by atoms with van der Waals surface area (Å²) in [6.45, 7) is 0.230. The Balaban J connectivity index is 2.04. The van der Waals surface area contributed by atoms with E-state index in [0.29, 0.717) is 16.6 Å². The maximum atomic E-state index is 11.2. The number of rotatable bonds is 5. The van der Waals surface area contributed by atoms with Crippen molar-refractivity contribution in [1.29, 1.82) is 0 Å². The molecule has 0 unspecified atom stereocenters. The Morgan fingerprint density at radius 3 is 2.94 bits per heavy atom. The Morgan fingerprint density at radius 1 is 1.44 bits per heavy atom. The monoisotopic (exact) mass is 289 g/mol. The third-order valence-corrected chi connectivity index (χ3v) is 3.85. The topological polar surface area (TPSA) is 88.4 Å². The normalized spacial score (nSPS) is 11.9. The van der Waals surface area contributed by atoms with Gasteiger partial charge in [-0.3, -0.25) is 0 Å². The molecule has 0 fully saturated rings. The number of hydrogen-bond donors (Lipinski definition) is 2. The number of anilines is 1. The van der Waals surface area contributed by atoms with Crippen LogP contribution in [-0.4, -0.2) is 42.4 Å². The highest BCUT2D eigenvalue weighted by Gasteiger charge is 2.08. The van der Waals surface area contributed by atoms with Crippen molar-refractivity contribution in [2.45, 2.75) is 0 Å². The molecule has 0 aliphatic heterocycles. The molecule has 2 rings (SSSR count). The lowest BCUT2D eigenvalue weighted by atomic mass is 10.5. The molecule has 0 aliphatic carbocycles. The molecule has 18 heavy (non-hydrogen) atoms. The molecular formula is C9H12ClN5O2S. The number of nitrogens with one attached hydrogen (secondary N) is 2. The Hall–Kier alpha value is -1.38. The molecule has 0 radical (unpaired) electrons. The van der Waals surface area contributed by atoms with Crippen molar-refractivity contribution in [3.05, 3.63) is 23.4 Å². The summed E-state index contributed by atoms with van der Waals surface area (Å²) in [5.74, 6) is 0.323. The van der Waals surface area contributed by atoms with Gasteiger partial charge in [0.15, 0.2) is 5.65 Å². The van der Waals surface area contributed by atoms with Crippen molar-refractivity contribution in [2.24, 2.45) is 0 Å². The van der Waals surface area contributed by atoms with Crippen molar-refractivity contribution >= 4 is 33.2 Å². The fourth-order valence-electron chi connectivity index (χ4n) is 1.33. The molecule has 0 spiro atoms. The quantitative estimate of drug-likeness (QED) is 0.829. The molecule has 0 saturated heterocycles. The predicted octanol–water partition coefficient (Wildman–Crippen LogP) is 0.344. The maximum Gasteiger partial charge on any atom is 0.243 e. The minimum absolute atomic E-state index is 0.0419. The van der Waals surface area contributed by atoms with Gasteiger partial charge in [0.2, 0.25) is 16.0 Å². The molecule has 0 aromatic carbocycles. The molecule has 0 bridgehead atoms. The molecule has 0 atom stereocenters. The third kappa shape index (κ3) is 3.09. The highest BCUT2D eigenvalue weighted by molar-refractivity contribution is 7.89. The van der Waals surface area contributed by atoms with Gasteiger partial charge in [-0.05, 0) is 19.2 Å². The smallest absolute Gasteiger partial charge is 0.243 e. The van der Waals surface area contributed by atoms with Gasteiger partial charge in [0.1, 0.15) is 0 Å². The van der Waals surface area contributed by atoms with Crippen molar-refractivity contribution in [3.63, 3.8) is 0 Å². The molecule has 0 saturated carbocycles. The number of fused-ring (bicyclic) bond motifs is 1. The Bertz CT molecular complexity index is 654. The maximum absolute atomic E-state index is 11.2. The van der Waals surface area contributed by atoms with E-state index in [1.165, 1.54) is 11.6 Å². The van der Waals surface area contributed by atoms with Crippen LogP contribution in [0.1, 0.15) is 0 Å². The van der Waals surface area contributed by atoms with Crippen molar-refractivity contribution in [2.75, 3.05) is 24.7 Å². The van der Waals surface area contributed by atoms with Crippen LogP contribution >= 0.6 is 11.6 Å². The molecular weight excluding hydrogens is 278 g/mol. The fourth-order valence-corrected chi connectivity index (χ4v) is 2.06. The zero-order valence-corrected chi connectivity index (χ0v) is 11.2. The average molecular weight is 290 g/mol. The van der Waals surface area contributed by atoms with E-state index in [9.17, 15) is 8.42 Å². The number of pyridine rings is 1. The lowest BCUT2D eigenvalue weighted by Crippen LogP contribution is -2.26. The highest BCUT2D eigenvalue weighted by atomic mass is 35.5. The van der Waals surface area contributed by atoms with E-state index in [4.69, 9.17) is 11.6 Å². The predicted molar refractivity (Wildman–Crippen MR) is 69.3 cm³/mol. The van der Waals surface area contributed by atoms with Crippen LogP contribution in [0.25, 0.3) is 5.65 Å². The van der Waals surface area contributed by atoms with Crippen molar-refractivity contribution in [3.8, 4) is 0 Å². The Labute approximate surface area is 109 Å². The summed E-state index contributed by atoms with van der Waals surface area (Å²) in [6.07, 6.45) is 1.62. The molecule has 7 nitrogen and oxygen atoms in total. The first-order valence-electron chi connectivity index (χ1n) is 5.17. The number of hydrogen-bond acceptors (Lipinski definition) is 5. The first kappa shape index (κ1) is 13.1. The van der Waals surface area contributed by atoms with Gasteiger partial charge in [-0.2, -0.15) is 4.98 Å².